The summed E-state index contributed by atoms with van der Waals surface area (Å²) >= 11 is 6.60. The van der Waals surface area contributed by atoms with Gasteiger partial charge in [-0.25, -0.2) is 0 Å². The van der Waals surface area contributed by atoms with Crippen molar-refractivity contribution in [3.05, 3.63) is 77.9 Å². The lowest BCUT2D eigenvalue weighted by Gasteiger charge is -2.42. The minimum Gasteiger partial charge on any atom is -0.494 e. The second kappa shape index (κ2) is 12.5. The van der Waals surface area contributed by atoms with Gasteiger partial charge in [-0.1, -0.05) is 75.2 Å². The van der Waals surface area contributed by atoms with Gasteiger partial charge in [0.1, 0.15) is 17.4 Å². The zero-order valence-corrected chi connectivity index (χ0v) is 27.5. The summed E-state index contributed by atoms with van der Waals surface area (Å²) in [4.78, 5) is 49.4. The minimum atomic E-state index is -1.45. The van der Waals surface area contributed by atoms with Crippen LogP contribution in [-0.2, 0) is 19.1 Å². The summed E-state index contributed by atoms with van der Waals surface area (Å²) in [6, 6.07) is 12.7. The fourth-order valence-corrected chi connectivity index (χ4v) is 8.12. The highest BCUT2D eigenvalue weighted by Gasteiger charge is 2.76. The smallest absolute Gasteiger partial charge is 0.253 e. The summed E-state index contributed by atoms with van der Waals surface area (Å²) in [5.41, 5.74) is -1.38. The number of halogens is 1. The van der Waals surface area contributed by atoms with E-state index in [0.29, 0.717) is 48.1 Å². The van der Waals surface area contributed by atoms with Gasteiger partial charge in [-0.15, -0.1) is 0 Å². The van der Waals surface area contributed by atoms with Gasteiger partial charge in [-0.05, 0) is 55.7 Å². The molecule has 4 heterocycles. The molecule has 1 unspecified atom stereocenters. The van der Waals surface area contributed by atoms with Crippen LogP contribution in [-0.4, -0.2) is 77.3 Å². The molecule has 0 aliphatic carbocycles. The molecular formula is C36H42ClN3O6. The summed E-state index contributed by atoms with van der Waals surface area (Å²) in [5, 5.41) is 11.1. The first-order chi connectivity index (χ1) is 22.2. The quantitative estimate of drug-likeness (QED) is 0.384. The lowest BCUT2D eigenvalue weighted by atomic mass is 9.73. The molecule has 46 heavy (non-hydrogen) atoms. The van der Waals surface area contributed by atoms with Crippen molar-refractivity contribution < 1.29 is 29.0 Å². The molecule has 7 atom stereocenters. The molecule has 1 N–H and O–H groups in total. The molecule has 0 saturated carbocycles. The third-order valence-corrected chi connectivity index (χ3v) is 10.6. The number of anilines is 2. The van der Waals surface area contributed by atoms with Crippen molar-refractivity contribution in [2.75, 3.05) is 36.1 Å². The summed E-state index contributed by atoms with van der Waals surface area (Å²) < 4.78 is 12.7. The van der Waals surface area contributed by atoms with E-state index in [-0.39, 0.29) is 36.8 Å². The minimum absolute atomic E-state index is 0.125. The summed E-state index contributed by atoms with van der Waals surface area (Å²) in [6.07, 6.45) is 8.60. The average Bonchev–Trinajstić information content (AvgIpc) is 3.35. The van der Waals surface area contributed by atoms with Crippen LogP contribution in [0.25, 0.3) is 0 Å². The number of fused-ring (bicyclic) bond motifs is 2. The first kappa shape index (κ1) is 32.3. The third-order valence-electron chi connectivity index (χ3n) is 10.3. The van der Waals surface area contributed by atoms with Crippen molar-refractivity contribution in [1.82, 2.24) is 4.90 Å². The number of ether oxygens (including phenoxy) is 2. The highest BCUT2D eigenvalue weighted by Crippen LogP contribution is 2.59. The van der Waals surface area contributed by atoms with Crippen LogP contribution in [0.4, 0.5) is 11.4 Å². The number of amides is 3. The third kappa shape index (κ3) is 4.86. The number of carbonyl (C=O) groups excluding carboxylic acids is 3. The van der Waals surface area contributed by atoms with Crippen LogP contribution in [0.1, 0.15) is 40.5 Å². The van der Waals surface area contributed by atoms with Crippen molar-refractivity contribution in [2.45, 2.75) is 63.8 Å². The van der Waals surface area contributed by atoms with E-state index in [1.54, 1.807) is 28.0 Å². The van der Waals surface area contributed by atoms with E-state index in [1.165, 1.54) is 4.90 Å². The maximum absolute atomic E-state index is 15.0. The van der Waals surface area contributed by atoms with Crippen molar-refractivity contribution >= 4 is 40.7 Å². The average molecular weight is 648 g/mol. The van der Waals surface area contributed by atoms with Crippen molar-refractivity contribution in [3.63, 3.8) is 0 Å². The number of aliphatic hydroxyl groups excluding tert-OH is 1. The molecule has 244 valence electrons. The van der Waals surface area contributed by atoms with E-state index in [9.17, 15) is 19.5 Å². The summed E-state index contributed by atoms with van der Waals surface area (Å²) in [7, 11) is 0. The molecule has 1 spiro atoms. The van der Waals surface area contributed by atoms with E-state index < -0.39 is 35.1 Å². The number of hydrogen-bond donors (Lipinski definition) is 1. The van der Waals surface area contributed by atoms with Gasteiger partial charge < -0.3 is 29.3 Å². The Morgan fingerprint density at radius 1 is 0.935 bits per heavy atom. The molecule has 0 bridgehead atoms. The number of carbonyl (C=O) groups is 3. The topological polar surface area (TPSA) is 99.6 Å². The van der Waals surface area contributed by atoms with Crippen molar-refractivity contribution in [1.29, 1.82) is 0 Å². The predicted octanol–water partition coefficient (Wildman–Crippen LogP) is 5.01. The number of aliphatic hydroxyl groups is 1. The molecule has 0 aromatic heterocycles. The molecule has 0 radical (unpaired) electrons. The van der Waals surface area contributed by atoms with Crippen LogP contribution in [0.5, 0.6) is 5.75 Å². The normalized spacial score (nSPS) is 30.1. The van der Waals surface area contributed by atoms with Gasteiger partial charge in [0.05, 0.1) is 47.4 Å². The molecule has 4 aliphatic heterocycles. The number of nitrogens with zero attached hydrogens (tertiary/aromatic N) is 3. The SMILES string of the molecule is CCOc1ccc(N2CC=C[C@]3(CC)O[C@]45C=CCN(c6ccccc6Cl)C(=O)C4N([C@@H](CO)[C@@H](C)CC)C(=O)[C@@H]5[C@@H]3C2=O)cc1. The largest absolute Gasteiger partial charge is 0.494 e. The number of rotatable bonds is 9. The Hall–Kier alpha value is -3.66. The summed E-state index contributed by atoms with van der Waals surface area (Å²) in [6.45, 7) is 8.51. The lowest BCUT2D eigenvalue weighted by molar-refractivity contribution is -0.150. The number of hydrogen-bond acceptors (Lipinski definition) is 6. The molecule has 2 fully saturated rings. The predicted molar refractivity (Wildman–Crippen MR) is 177 cm³/mol. The van der Waals surface area contributed by atoms with Gasteiger partial charge in [0.25, 0.3) is 5.91 Å². The summed E-state index contributed by atoms with van der Waals surface area (Å²) in [5.74, 6) is -2.31. The molecule has 4 aliphatic rings. The van der Waals surface area contributed by atoms with Gasteiger partial charge in [0, 0.05) is 18.8 Å². The van der Waals surface area contributed by atoms with Gasteiger partial charge >= 0.3 is 0 Å². The maximum Gasteiger partial charge on any atom is 0.253 e. The molecule has 2 aromatic rings. The van der Waals surface area contributed by atoms with Crippen LogP contribution >= 0.6 is 11.6 Å². The van der Waals surface area contributed by atoms with Crippen molar-refractivity contribution in [3.8, 4) is 5.75 Å². The fraction of sp³-hybridized carbons (Fsp3) is 0.472. The van der Waals surface area contributed by atoms with Crippen LogP contribution in [0.3, 0.4) is 0 Å². The van der Waals surface area contributed by atoms with Crippen LogP contribution in [0, 0.1) is 17.8 Å². The van der Waals surface area contributed by atoms with E-state index >= 15 is 0 Å². The number of benzene rings is 2. The maximum atomic E-state index is 15.0. The number of likely N-dealkylation sites (tertiary alicyclic amines) is 1. The zero-order chi connectivity index (χ0) is 32.8. The number of para-hydroxylation sites is 1. The Morgan fingerprint density at radius 3 is 2.28 bits per heavy atom. The Bertz CT molecular complexity index is 1560. The first-order valence-corrected chi connectivity index (χ1v) is 16.6. The standard InChI is InChI=1S/C36H42ClN3O6/c1-5-23(4)28(22-41)40-31-34(44)39(27-13-9-8-12-26(27)37)21-11-19-36(31)30(33(40)43)29-32(42)38(20-10-18-35(29,6-2)46-36)24-14-16-25(17-15-24)45-7-3/h8-19,23,28-31,41H,5-7,20-22H2,1-4H3/t23-,28-,29+,30-,31?,35-,36-/m0/s1. The Labute approximate surface area is 275 Å². The molecule has 3 amide bonds. The second-order valence-electron chi connectivity index (χ2n) is 12.6. The van der Waals surface area contributed by atoms with Crippen LogP contribution in [0.2, 0.25) is 5.02 Å². The van der Waals surface area contributed by atoms with E-state index in [2.05, 4.69) is 0 Å². The van der Waals surface area contributed by atoms with Gasteiger partial charge in [0.2, 0.25) is 11.8 Å². The van der Waals surface area contributed by atoms with Gasteiger partial charge in [-0.3, -0.25) is 14.4 Å². The Kier molecular flexibility index (Phi) is 8.78. The monoisotopic (exact) mass is 647 g/mol. The fourth-order valence-electron chi connectivity index (χ4n) is 7.88. The molecule has 6 rings (SSSR count). The second-order valence-corrected chi connectivity index (χ2v) is 13.0. The van der Waals surface area contributed by atoms with E-state index in [4.69, 9.17) is 21.1 Å². The molecule has 2 saturated heterocycles. The van der Waals surface area contributed by atoms with Crippen molar-refractivity contribution in [2.24, 2.45) is 17.8 Å². The first-order valence-electron chi connectivity index (χ1n) is 16.3. The molecule has 10 heteroatoms. The highest BCUT2D eigenvalue weighted by atomic mass is 35.5. The molecule has 2 aromatic carbocycles. The van der Waals surface area contributed by atoms with Crippen LogP contribution in [0.15, 0.2) is 72.8 Å². The van der Waals surface area contributed by atoms with E-state index in [0.717, 1.165) is 0 Å². The van der Waals surface area contributed by atoms with Gasteiger partial charge in [0.15, 0.2) is 0 Å². The molecule has 9 nitrogen and oxygen atoms in total. The zero-order valence-electron chi connectivity index (χ0n) is 26.8. The Morgan fingerprint density at radius 2 is 1.63 bits per heavy atom. The van der Waals surface area contributed by atoms with Gasteiger partial charge in [-0.2, -0.15) is 0 Å². The van der Waals surface area contributed by atoms with Crippen LogP contribution < -0.4 is 14.5 Å². The molecular weight excluding hydrogens is 606 g/mol. The highest BCUT2D eigenvalue weighted by molar-refractivity contribution is 6.34. The Balaban J connectivity index is 1.50. The van der Waals surface area contributed by atoms with E-state index in [1.807, 2.05) is 82.3 Å². The lowest BCUT2D eigenvalue weighted by Crippen LogP contribution is -2.60.